The van der Waals surface area contributed by atoms with Crippen LogP contribution in [0.15, 0.2) is 225 Å². The van der Waals surface area contributed by atoms with E-state index in [0.717, 1.165) is 95.4 Å². The normalized spacial score (nSPS) is 12.5. The van der Waals surface area contributed by atoms with Crippen molar-refractivity contribution in [1.82, 2.24) is 9.55 Å². The number of halogens is 2. The van der Waals surface area contributed by atoms with Gasteiger partial charge in [0, 0.05) is 46.4 Å². The highest BCUT2D eigenvalue weighted by Crippen LogP contribution is 2.49. The SMILES string of the molecule is CC(C)(C)c1ccnc(-n2c3ccccc3c3ccc(Oc4cc(-c5cc(-c6ccccc6)cc(-c6ccccc6)c5)cc(N5CN(c6ccccc6-c6cc(F)cc(F)c6)c6ccccc65)c4)cc32)c1. The monoisotopic (exact) mass is 926 g/mol. The highest BCUT2D eigenvalue weighted by molar-refractivity contribution is 6.09. The molecule has 0 radical (unpaired) electrons. The van der Waals surface area contributed by atoms with Gasteiger partial charge in [0.15, 0.2) is 0 Å². The molecule has 11 aromatic rings. The van der Waals surface area contributed by atoms with Crippen LogP contribution < -0.4 is 14.5 Å². The fourth-order valence-corrected chi connectivity index (χ4v) is 10.1. The molecule has 0 bridgehead atoms. The van der Waals surface area contributed by atoms with Gasteiger partial charge in [-0.1, -0.05) is 130 Å². The maximum Gasteiger partial charge on any atom is 0.137 e. The number of rotatable bonds is 9. The molecule has 0 N–H and O–H groups in total. The van der Waals surface area contributed by atoms with Crippen LogP contribution in [0.3, 0.4) is 0 Å². The second-order valence-corrected chi connectivity index (χ2v) is 19.2. The first kappa shape index (κ1) is 43.5. The molecule has 0 unspecified atom stereocenters. The number of hydrogen-bond donors (Lipinski definition) is 0. The summed E-state index contributed by atoms with van der Waals surface area (Å²) in [5.41, 5.74) is 14.5. The summed E-state index contributed by atoms with van der Waals surface area (Å²) < 4.78 is 38.9. The smallest absolute Gasteiger partial charge is 0.137 e. The molecule has 0 aliphatic carbocycles. The molecular weight excluding hydrogens is 879 g/mol. The van der Waals surface area contributed by atoms with Crippen molar-refractivity contribution in [3.8, 4) is 61.8 Å². The molecule has 0 spiro atoms. The van der Waals surface area contributed by atoms with Gasteiger partial charge in [0.2, 0.25) is 0 Å². The molecule has 1 aliphatic rings. The third-order valence-electron chi connectivity index (χ3n) is 13.5. The van der Waals surface area contributed by atoms with Crippen LogP contribution in [-0.2, 0) is 5.41 Å². The van der Waals surface area contributed by atoms with E-state index in [-0.39, 0.29) is 5.41 Å². The number of fused-ring (bicyclic) bond motifs is 4. The lowest BCUT2D eigenvalue weighted by Gasteiger charge is -2.25. The second-order valence-electron chi connectivity index (χ2n) is 19.2. The Morgan fingerprint density at radius 2 is 1.01 bits per heavy atom. The van der Waals surface area contributed by atoms with Crippen molar-refractivity contribution < 1.29 is 13.5 Å². The van der Waals surface area contributed by atoms with Gasteiger partial charge in [-0.15, -0.1) is 0 Å². The van der Waals surface area contributed by atoms with Crippen molar-refractivity contribution in [2.45, 2.75) is 26.2 Å². The van der Waals surface area contributed by atoms with Gasteiger partial charge in [0.1, 0.15) is 35.6 Å². The van der Waals surface area contributed by atoms with Crippen LogP contribution in [-0.4, -0.2) is 16.2 Å². The first-order valence-electron chi connectivity index (χ1n) is 23.9. The first-order valence-corrected chi connectivity index (χ1v) is 23.9. The zero-order chi connectivity index (χ0) is 48.2. The van der Waals surface area contributed by atoms with Crippen molar-refractivity contribution in [3.05, 3.63) is 242 Å². The Kier molecular flexibility index (Phi) is 10.8. The van der Waals surface area contributed by atoms with E-state index >= 15 is 0 Å². The van der Waals surface area contributed by atoms with E-state index in [4.69, 9.17) is 9.72 Å². The number of ether oxygens (including phenoxy) is 1. The number of benzene rings is 9. The van der Waals surface area contributed by atoms with Crippen LogP contribution in [0.25, 0.3) is 72.1 Å². The van der Waals surface area contributed by atoms with Crippen molar-refractivity contribution in [3.63, 3.8) is 0 Å². The molecular formula is C64H48F2N4O. The minimum absolute atomic E-state index is 0.0626. The van der Waals surface area contributed by atoms with Gasteiger partial charge in [-0.2, -0.15) is 0 Å². The number of para-hydroxylation sites is 4. The molecule has 0 fully saturated rings. The summed E-state index contributed by atoms with van der Waals surface area (Å²) in [6.07, 6.45) is 1.90. The van der Waals surface area contributed by atoms with Gasteiger partial charge in [0.05, 0.1) is 28.1 Å². The molecule has 12 rings (SSSR count). The van der Waals surface area contributed by atoms with Gasteiger partial charge in [-0.3, -0.25) is 4.57 Å². The molecule has 5 nitrogen and oxygen atoms in total. The fourth-order valence-electron chi connectivity index (χ4n) is 10.1. The number of hydrogen-bond acceptors (Lipinski definition) is 4. The zero-order valence-electron chi connectivity index (χ0n) is 39.5. The molecule has 0 saturated heterocycles. The summed E-state index contributed by atoms with van der Waals surface area (Å²) in [5.74, 6) is 0.936. The summed E-state index contributed by atoms with van der Waals surface area (Å²) in [6.45, 7) is 7.08. The summed E-state index contributed by atoms with van der Waals surface area (Å²) in [6, 6.07) is 73.0. The quantitative estimate of drug-likeness (QED) is 0.144. The molecule has 3 heterocycles. The predicted molar refractivity (Wildman–Crippen MR) is 287 cm³/mol. The van der Waals surface area contributed by atoms with Gasteiger partial charge in [0.25, 0.3) is 0 Å². The maximum atomic E-state index is 14.8. The molecule has 0 atom stereocenters. The standard InChI is InChI=1S/C64H48F2N4O/c1-64(2,3)49-28-29-67-63(37-49)70-59-23-13-11-21-56(59)57-27-26-53(40-62(57)70)71-54-36-47(46-31-44(42-16-6-4-7-17-42)30-45(32-46)43-18-8-5-9-19-43)35-52(39-54)68-41-69(61-25-15-14-24-60(61)68)58-22-12-10-20-55(58)48-33-50(65)38-51(66)34-48/h4-40H,41H2,1-3H3. The number of aromatic nitrogens is 2. The third-order valence-corrected chi connectivity index (χ3v) is 13.5. The van der Waals surface area contributed by atoms with E-state index < -0.39 is 11.6 Å². The van der Waals surface area contributed by atoms with E-state index in [1.54, 1.807) is 0 Å². The number of pyridine rings is 1. The Balaban J connectivity index is 1.03. The Morgan fingerprint density at radius 3 is 1.70 bits per heavy atom. The summed E-state index contributed by atoms with van der Waals surface area (Å²) in [4.78, 5) is 9.41. The molecule has 9 aromatic carbocycles. The summed E-state index contributed by atoms with van der Waals surface area (Å²) >= 11 is 0. The van der Waals surface area contributed by atoms with Gasteiger partial charge < -0.3 is 14.5 Å². The average Bonchev–Trinajstić information content (AvgIpc) is 3.95. The number of anilines is 4. The molecule has 344 valence electrons. The average molecular weight is 927 g/mol. The fraction of sp³-hybridized carbons (Fsp3) is 0.0781. The largest absolute Gasteiger partial charge is 0.457 e. The lowest BCUT2D eigenvalue weighted by atomic mass is 9.88. The van der Waals surface area contributed by atoms with Crippen LogP contribution in [0.1, 0.15) is 26.3 Å². The Bertz CT molecular complexity index is 3730. The van der Waals surface area contributed by atoms with Crippen molar-refractivity contribution in [2.75, 3.05) is 16.5 Å². The Hall–Kier alpha value is -8.81. The molecule has 71 heavy (non-hydrogen) atoms. The predicted octanol–water partition coefficient (Wildman–Crippen LogP) is 17.5. The molecule has 7 heteroatoms. The van der Waals surface area contributed by atoms with E-state index in [9.17, 15) is 8.78 Å². The lowest BCUT2D eigenvalue weighted by molar-refractivity contribution is 0.483. The van der Waals surface area contributed by atoms with Crippen molar-refractivity contribution >= 4 is 44.6 Å². The number of nitrogens with zero attached hydrogens (tertiary/aromatic N) is 4. The van der Waals surface area contributed by atoms with Crippen LogP contribution in [0.2, 0.25) is 0 Å². The minimum atomic E-state index is -0.624. The van der Waals surface area contributed by atoms with Gasteiger partial charge >= 0.3 is 0 Å². The third kappa shape index (κ3) is 8.25. The van der Waals surface area contributed by atoms with E-state index in [2.05, 4.69) is 181 Å². The van der Waals surface area contributed by atoms with E-state index in [0.29, 0.717) is 23.7 Å². The van der Waals surface area contributed by atoms with Crippen LogP contribution in [0.5, 0.6) is 11.5 Å². The first-order chi connectivity index (χ1) is 34.6. The van der Waals surface area contributed by atoms with Crippen molar-refractivity contribution in [1.29, 1.82) is 0 Å². The van der Waals surface area contributed by atoms with E-state index in [1.807, 2.05) is 60.8 Å². The van der Waals surface area contributed by atoms with Crippen molar-refractivity contribution in [2.24, 2.45) is 0 Å². The molecule has 0 amide bonds. The van der Waals surface area contributed by atoms with E-state index in [1.165, 1.54) is 17.7 Å². The maximum absolute atomic E-state index is 14.8. The second kappa shape index (κ2) is 17.6. The minimum Gasteiger partial charge on any atom is -0.457 e. The van der Waals surface area contributed by atoms with Crippen LogP contribution >= 0.6 is 0 Å². The lowest BCUT2D eigenvalue weighted by Crippen LogP contribution is -2.24. The summed E-state index contributed by atoms with van der Waals surface area (Å²) in [5, 5.41) is 2.24. The topological polar surface area (TPSA) is 33.5 Å². The van der Waals surface area contributed by atoms with Gasteiger partial charge in [-0.25, -0.2) is 13.8 Å². The summed E-state index contributed by atoms with van der Waals surface area (Å²) in [7, 11) is 0. The van der Waals surface area contributed by atoms with Gasteiger partial charge in [-0.05, 0) is 141 Å². The highest BCUT2D eigenvalue weighted by atomic mass is 19.1. The Labute approximate surface area is 412 Å². The van der Waals surface area contributed by atoms with Crippen LogP contribution in [0.4, 0.5) is 31.5 Å². The van der Waals surface area contributed by atoms with Crippen LogP contribution in [0, 0.1) is 11.6 Å². The molecule has 2 aromatic heterocycles. The molecule has 1 aliphatic heterocycles. The zero-order valence-corrected chi connectivity index (χ0v) is 39.5. The Morgan fingerprint density at radius 1 is 0.437 bits per heavy atom. The molecule has 0 saturated carbocycles. The highest BCUT2D eigenvalue weighted by Gasteiger charge is 2.30.